The monoisotopic (exact) mass is 462 g/mol. The average Bonchev–Trinajstić information content (AvgIpc) is 3.18. The van der Waals surface area contributed by atoms with E-state index in [9.17, 15) is 14.4 Å². The van der Waals surface area contributed by atoms with E-state index in [1.807, 2.05) is 73.0 Å². The van der Waals surface area contributed by atoms with Gasteiger partial charge in [-0.2, -0.15) is 0 Å². The van der Waals surface area contributed by atoms with Crippen LogP contribution in [-0.2, 0) is 22.7 Å². The van der Waals surface area contributed by atoms with Gasteiger partial charge in [0.1, 0.15) is 17.0 Å². The molecule has 0 saturated carbocycles. The Kier molecular flexibility index (Phi) is 6.32. The van der Waals surface area contributed by atoms with Crippen molar-refractivity contribution in [3.63, 3.8) is 0 Å². The number of ether oxygens (including phenoxy) is 1. The first-order valence-electron chi connectivity index (χ1n) is 11.4. The van der Waals surface area contributed by atoms with Gasteiger partial charge in [0.15, 0.2) is 0 Å². The van der Waals surface area contributed by atoms with Gasteiger partial charge in [0.2, 0.25) is 11.8 Å². The third kappa shape index (κ3) is 4.48. The average molecular weight is 463 g/mol. The Bertz CT molecular complexity index is 1230. The van der Waals surface area contributed by atoms with Gasteiger partial charge in [-0.05, 0) is 50.6 Å². The SMILES string of the molecule is CC(C)Oc1ccc(CNC(=O)CNC(=O)[C@@]2(C)Cn3c(cc4ccccc43)C(=O)N2C)cc1. The van der Waals surface area contributed by atoms with E-state index in [0.29, 0.717) is 18.8 Å². The first-order valence-corrected chi connectivity index (χ1v) is 11.4. The lowest BCUT2D eigenvalue weighted by Gasteiger charge is -2.41. The molecule has 0 saturated heterocycles. The number of rotatable bonds is 7. The van der Waals surface area contributed by atoms with Crippen molar-refractivity contribution in [1.29, 1.82) is 0 Å². The second-order valence-corrected chi connectivity index (χ2v) is 9.08. The van der Waals surface area contributed by atoms with Crippen molar-refractivity contribution >= 4 is 28.6 Å². The van der Waals surface area contributed by atoms with E-state index in [1.54, 1.807) is 14.0 Å². The molecule has 0 fully saturated rings. The van der Waals surface area contributed by atoms with Crippen LogP contribution < -0.4 is 15.4 Å². The van der Waals surface area contributed by atoms with Crippen LogP contribution >= 0.6 is 0 Å². The number of hydrogen-bond donors (Lipinski definition) is 2. The van der Waals surface area contributed by atoms with Gasteiger partial charge in [0, 0.05) is 24.5 Å². The first-order chi connectivity index (χ1) is 16.2. The molecule has 1 aliphatic rings. The lowest BCUT2D eigenvalue weighted by molar-refractivity contribution is -0.134. The van der Waals surface area contributed by atoms with Crippen LogP contribution in [0.2, 0.25) is 0 Å². The quantitative estimate of drug-likeness (QED) is 0.565. The predicted molar refractivity (Wildman–Crippen MR) is 129 cm³/mol. The highest BCUT2D eigenvalue weighted by molar-refractivity contribution is 6.03. The first kappa shape index (κ1) is 23.4. The zero-order valence-electron chi connectivity index (χ0n) is 19.9. The van der Waals surface area contributed by atoms with Crippen molar-refractivity contribution in [1.82, 2.24) is 20.1 Å². The zero-order valence-corrected chi connectivity index (χ0v) is 19.9. The molecular formula is C26H30N4O4. The van der Waals surface area contributed by atoms with Crippen molar-refractivity contribution in [2.24, 2.45) is 0 Å². The van der Waals surface area contributed by atoms with Crippen LogP contribution in [0.15, 0.2) is 54.6 Å². The molecule has 2 heterocycles. The lowest BCUT2D eigenvalue weighted by atomic mass is 9.95. The molecule has 3 aromatic rings. The van der Waals surface area contributed by atoms with E-state index < -0.39 is 5.54 Å². The number of carbonyl (C=O) groups excluding carboxylic acids is 3. The van der Waals surface area contributed by atoms with Crippen LogP contribution in [0.3, 0.4) is 0 Å². The highest BCUT2D eigenvalue weighted by Crippen LogP contribution is 2.31. The minimum atomic E-state index is -1.13. The Labute approximate surface area is 198 Å². The number of benzene rings is 2. The molecule has 8 heteroatoms. The molecule has 0 bridgehead atoms. The summed E-state index contributed by atoms with van der Waals surface area (Å²) in [7, 11) is 1.62. The summed E-state index contributed by atoms with van der Waals surface area (Å²) < 4.78 is 7.50. The smallest absolute Gasteiger partial charge is 0.271 e. The number of amides is 3. The molecule has 0 spiro atoms. The number of fused-ring (bicyclic) bond motifs is 3. The fourth-order valence-electron chi connectivity index (χ4n) is 4.16. The number of aromatic nitrogens is 1. The highest BCUT2D eigenvalue weighted by atomic mass is 16.5. The number of nitrogens with zero attached hydrogens (tertiary/aromatic N) is 2. The van der Waals surface area contributed by atoms with Gasteiger partial charge in [-0.3, -0.25) is 14.4 Å². The Morgan fingerprint density at radius 1 is 1.09 bits per heavy atom. The number of nitrogens with one attached hydrogen (secondary N) is 2. The minimum Gasteiger partial charge on any atom is -0.491 e. The molecule has 0 unspecified atom stereocenters. The molecule has 0 aliphatic carbocycles. The van der Waals surface area contributed by atoms with Crippen LogP contribution in [0.1, 0.15) is 36.8 Å². The summed E-state index contributed by atoms with van der Waals surface area (Å²) in [5.74, 6) is -0.140. The summed E-state index contributed by atoms with van der Waals surface area (Å²) in [5, 5.41) is 6.46. The molecule has 0 radical (unpaired) electrons. The second kappa shape index (κ2) is 9.21. The summed E-state index contributed by atoms with van der Waals surface area (Å²) in [6, 6.07) is 17.1. The second-order valence-electron chi connectivity index (χ2n) is 9.08. The molecule has 2 N–H and O–H groups in total. The third-order valence-electron chi connectivity index (χ3n) is 6.22. The maximum atomic E-state index is 13.1. The number of carbonyl (C=O) groups is 3. The van der Waals surface area contributed by atoms with Gasteiger partial charge in [-0.15, -0.1) is 0 Å². The molecule has 178 valence electrons. The van der Waals surface area contributed by atoms with Crippen molar-refractivity contribution < 1.29 is 19.1 Å². The molecule has 2 aromatic carbocycles. The standard InChI is InChI=1S/C26H30N4O4/c1-17(2)34-20-11-9-18(10-12-20)14-27-23(31)15-28-25(33)26(3)16-30-21-8-6-5-7-19(21)13-22(30)24(32)29(26)4/h5-13,17H,14-16H2,1-4H3,(H,27,31)(H,28,33)/t26-/m1/s1. The summed E-state index contributed by atoms with van der Waals surface area (Å²) in [4.78, 5) is 40.0. The van der Waals surface area contributed by atoms with Crippen molar-refractivity contribution in [3.05, 3.63) is 65.9 Å². The molecule has 34 heavy (non-hydrogen) atoms. The van der Waals surface area contributed by atoms with Crippen molar-refractivity contribution in [2.45, 2.75) is 45.5 Å². The lowest BCUT2D eigenvalue weighted by Crippen LogP contribution is -2.63. The molecular weight excluding hydrogens is 432 g/mol. The molecule has 3 amide bonds. The van der Waals surface area contributed by atoms with Crippen LogP contribution in [-0.4, -0.2) is 52.4 Å². The maximum absolute atomic E-state index is 13.1. The Morgan fingerprint density at radius 2 is 1.79 bits per heavy atom. The highest BCUT2D eigenvalue weighted by Gasteiger charge is 2.45. The summed E-state index contributed by atoms with van der Waals surface area (Å²) in [5.41, 5.74) is 1.25. The third-order valence-corrected chi connectivity index (χ3v) is 6.22. The van der Waals surface area contributed by atoms with E-state index in [0.717, 1.165) is 22.2 Å². The van der Waals surface area contributed by atoms with Crippen LogP contribution in [0, 0.1) is 0 Å². The van der Waals surface area contributed by atoms with Crippen LogP contribution in [0.25, 0.3) is 10.9 Å². The molecule has 1 atom stereocenters. The van der Waals surface area contributed by atoms with E-state index in [4.69, 9.17) is 4.74 Å². The molecule has 8 nitrogen and oxygen atoms in total. The molecule has 1 aliphatic heterocycles. The van der Waals surface area contributed by atoms with E-state index in [-0.39, 0.29) is 30.4 Å². The van der Waals surface area contributed by atoms with E-state index in [2.05, 4.69) is 10.6 Å². The van der Waals surface area contributed by atoms with Crippen molar-refractivity contribution in [2.75, 3.05) is 13.6 Å². The van der Waals surface area contributed by atoms with Crippen LogP contribution in [0.4, 0.5) is 0 Å². The largest absolute Gasteiger partial charge is 0.491 e. The van der Waals surface area contributed by atoms with Gasteiger partial charge >= 0.3 is 0 Å². The summed E-state index contributed by atoms with van der Waals surface area (Å²) in [6.45, 7) is 6.11. The minimum absolute atomic E-state index is 0.0948. The maximum Gasteiger partial charge on any atom is 0.271 e. The van der Waals surface area contributed by atoms with Gasteiger partial charge in [-0.1, -0.05) is 30.3 Å². The predicted octanol–water partition coefficient (Wildman–Crippen LogP) is 2.71. The number of hydrogen-bond acceptors (Lipinski definition) is 4. The van der Waals surface area contributed by atoms with Crippen molar-refractivity contribution in [3.8, 4) is 5.75 Å². The molecule has 1 aromatic heterocycles. The van der Waals surface area contributed by atoms with E-state index >= 15 is 0 Å². The van der Waals surface area contributed by atoms with E-state index in [1.165, 1.54) is 4.90 Å². The van der Waals surface area contributed by atoms with Gasteiger partial charge < -0.3 is 24.8 Å². The Balaban J connectivity index is 1.36. The Hall–Kier alpha value is -3.81. The number of para-hydroxylation sites is 1. The fraction of sp³-hybridized carbons (Fsp3) is 0.346. The molecule has 4 rings (SSSR count). The normalized spacial score (nSPS) is 17.6. The summed E-state index contributed by atoms with van der Waals surface area (Å²) >= 11 is 0. The topological polar surface area (TPSA) is 92.7 Å². The summed E-state index contributed by atoms with van der Waals surface area (Å²) in [6.07, 6.45) is 0.0948. The van der Waals surface area contributed by atoms with Crippen LogP contribution in [0.5, 0.6) is 5.75 Å². The fourth-order valence-corrected chi connectivity index (χ4v) is 4.16. The Morgan fingerprint density at radius 3 is 2.50 bits per heavy atom. The van der Waals surface area contributed by atoms with Gasteiger partial charge in [-0.25, -0.2) is 0 Å². The number of likely N-dealkylation sites (N-methyl/N-ethyl adjacent to an activating group) is 1. The zero-order chi connectivity index (χ0) is 24.5. The van der Waals surface area contributed by atoms with Gasteiger partial charge in [0.25, 0.3) is 5.91 Å². The van der Waals surface area contributed by atoms with Gasteiger partial charge in [0.05, 0.1) is 19.2 Å².